The summed E-state index contributed by atoms with van der Waals surface area (Å²) in [5.74, 6) is 0. The van der Waals surface area contributed by atoms with Crippen LogP contribution >= 0.6 is 0 Å². The zero-order chi connectivity index (χ0) is 48.6. The third-order valence-corrected chi connectivity index (χ3v) is 12.9. The summed E-state index contributed by atoms with van der Waals surface area (Å²) in [5.41, 5.74) is 6.19. The Morgan fingerprint density at radius 2 is 0.775 bits per heavy atom. The van der Waals surface area contributed by atoms with Crippen molar-refractivity contribution in [3.8, 4) is 0 Å². The maximum absolute atomic E-state index is 7.31. The lowest BCUT2D eigenvalue weighted by Gasteiger charge is -2.32. The second-order valence-electron chi connectivity index (χ2n) is 18.4. The highest BCUT2D eigenvalue weighted by atomic mass is 16.8. The van der Waals surface area contributed by atoms with Gasteiger partial charge in [-0.3, -0.25) is 0 Å². The predicted octanol–water partition coefficient (Wildman–Crippen LogP) is 12.0. The first-order valence-electron chi connectivity index (χ1n) is 25.6. The molecule has 9 atom stereocenters. The topological polar surface area (TPSA) is 92.3 Å². The van der Waals surface area contributed by atoms with Crippen LogP contribution in [0.15, 0.2) is 182 Å². The smallest absolute Gasteiger partial charge is 0.187 e. The van der Waals surface area contributed by atoms with Gasteiger partial charge in [0.2, 0.25) is 0 Å². The average Bonchev–Trinajstić information content (AvgIpc) is 3.94. The molecule has 10 nitrogen and oxygen atoms in total. The summed E-state index contributed by atoms with van der Waals surface area (Å²) in [6.07, 6.45) is 0.586. The Morgan fingerprint density at radius 3 is 1.25 bits per heavy atom. The van der Waals surface area contributed by atoms with Gasteiger partial charge in [-0.1, -0.05) is 221 Å². The van der Waals surface area contributed by atoms with Crippen LogP contribution in [0.2, 0.25) is 0 Å². The molecule has 376 valence electrons. The first kappa shape index (κ1) is 52.2. The minimum absolute atomic E-state index is 0.135. The Bertz CT molecular complexity index is 2290. The first-order chi connectivity index (χ1) is 35.2. The van der Waals surface area contributed by atoms with Crippen LogP contribution in [0.4, 0.5) is 0 Å². The van der Waals surface area contributed by atoms with E-state index in [-0.39, 0.29) is 13.2 Å². The lowest BCUT2D eigenvalue weighted by Crippen LogP contribution is -2.48. The van der Waals surface area contributed by atoms with Crippen molar-refractivity contribution in [3.05, 3.63) is 215 Å². The summed E-state index contributed by atoms with van der Waals surface area (Å²) >= 11 is 0. The Balaban J connectivity index is 1.11. The lowest BCUT2D eigenvalue weighted by molar-refractivity contribution is -0.251. The molecule has 2 saturated heterocycles. The number of unbranched alkanes of at least 4 members (excludes halogenated alkanes) is 5. The minimum Gasteiger partial charge on any atom is -0.374 e. The normalized spacial score (nSPS) is 22.4. The van der Waals surface area contributed by atoms with Crippen LogP contribution in [0.3, 0.4) is 0 Å². The van der Waals surface area contributed by atoms with E-state index < -0.39 is 55.3 Å². The monoisotopic (exact) mass is 965 g/mol. The molecule has 2 aliphatic rings. The van der Waals surface area contributed by atoms with Crippen molar-refractivity contribution in [2.75, 3.05) is 19.8 Å². The molecule has 6 aromatic carbocycles. The fraction of sp³-hybridized carbons (Fsp3) is 0.410. The second kappa shape index (κ2) is 29.4. The van der Waals surface area contributed by atoms with Crippen molar-refractivity contribution in [2.45, 2.75) is 140 Å². The molecule has 0 spiro atoms. The van der Waals surface area contributed by atoms with Gasteiger partial charge >= 0.3 is 0 Å². The van der Waals surface area contributed by atoms with Crippen LogP contribution < -0.4 is 0 Å². The molecule has 0 amide bonds. The number of hydrogen-bond donors (Lipinski definition) is 0. The fourth-order valence-electron chi connectivity index (χ4n) is 9.03. The van der Waals surface area contributed by atoms with Crippen molar-refractivity contribution in [1.29, 1.82) is 0 Å². The zero-order valence-corrected chi connectivity index (χ0v) is 41.2. The van der Waals surface area contributed by atoms with E-state index in [0.717, 1.165) is 46.2 Å². The molecule has 2 fully saturated rings. The molecule has 8 rings (SSSR count). The molecular formula is C61H72O10. The van der Waals surface area contributed by atoms with Crippen LogP contribution in [-0.2, 0) is 87.0 Å². The van der Waals surface area contributed by atoms with Gasteiger partial charge in [0.25, 0.3) is 0 Å². The van der Waals surface area contributed by atoms with E-state index in [0.29, 0.717) is 46.2 Å². The summed E-state index contributed by atoms with van der Waals surface area (Å²) in [6.45, 7) is 5.19. The minimum atomic E-state index is -0.930. The SMILES string of the molecule is CCCCCCCCO[C@@H]1O[C@@H]([C@@H](COCc2ccccc2)O[C@H]2O[C@H](COCc3ccccc3)[C@@H](OCc3ccccc3)[C@@H]2OCc2ccccc2)[C@H](OCc2ccccc2)[C@H]1OCc1ccccc1. The quantitative estimate of drug-likeness (QED) is 0.0392. The standard InChI is InChI=1S/C61H72O10/c1-2-3-4-5-6-25-38-64-60-59(68-44-52-36-23-12-24-37-52)57(66-42-50-32-19-10-20-33-50)56(71-60)54(46-63-40-48-28-15-8-16-29-48)70-61-58(67-43-51-34-21-11-22-35-51)55(65-41-49-30-17-9-18-31-49)53(69-61)45-62-39-47-26-13-7-14-27-47/h7-24,26-37,53-61H,2-6,25,38-46H2,1H3/t53-,54-,55-,56+,57+,58+,59-,60-,61-/m1/s1. The fourth-order valence-corrected chi connectivity index (χ4v) is 9.03. The van der Waals surface area contributed by atoms with Gasteiger partial charge in [-0.05, 0) is 39.8 Å². The van der Waals surface area contributed by atoms with E-state index in [4.69, 9.17) is 47.4 Å². The molecule has 10 heteroatoms. The van der Waals surface area contributed by atoms with Crippen molar-refractivity contribution in [1.82, 2.24) is 0 Å². The third-order valence-electron chi connectivity index (χ3n) is 12.9. The van der Waals surface area contributed by atoms with Crippen LogP contribution in [-0.4, -0.2) is 75.1 Å². The molecule has 0 N–H and O–H groups in total. The molecule has 0 unspecified atom stereocenters. The van der Waals surface area contributed by atoms with Crippen LogP contribution in [0.25, 0.3) is 0 Å². The maximum Gasteiger partial charge on any atom is 0.187 e. The molecule has 0 aliphatic carbocycles. The summed E-state index contributed by atoms with van der Waals surface area (Å²) in [5, 5.41) is 0. The van der Waals surface area contributed by atoms with Gasteiger partial charge < -0.3 is 47.4 Å². The number of rotatable bonds is 31. The lowest BCUT2D eigenvalue weighted by atomic mass is 10.0. The van der Waals surface area contributed by atoms with E-state index in [1.54, 1.807) is 0 Å². The summed E-state index contributed by atoms with van der Waals surface area (Å²) in [6, 6.07) is 60.8. The van der Waals surface area contributed by atoms with E-state index in [9.17, 15) is 0 Å². The number of benzene rings is 6. The molecule has 0 radical (unpaired) electrons. The zero-order valence-electron chi connectivity index (χ0n) is 41.2. The second-order valence-corrected chi connectivity index (χ2v) is 18.4. The molecule has 2 heterocycles. The third kappa shape index (κ3) is 16.7. The highest BCUT2D eigenvalue weighted by Gasteiger charge is 2.54. The maximum atomic E-state index is 7.31. The van der Waals surface area contributed by atoms with Gasteiger partial charge in [0.1, 0.15) is 42.7 Å². The molecule has 71 heavy (non-hydrogen) atoms. The molecule has 6 aromatic rings. The number of hydrogen-bond acceptors (Lipinski definition) is 10. The van der Waals surface area contributed by atoms with Gasteiger partial charge in [0.05, 0.1) is 52.9 Å². The molecule has 0 aromatic heterocycles. The van der Waals surface area contributed by atoms with E-state index >= 15 is 0 Å². The molecule has 2 aliphatic heterocycles. The van der Waals surface area contributed by atoms with Crippen LogP contribution in [0.5, 0.6) is 0 Å². The Labute approximate surface area is 421 Å². The summed E-state index contributed by atoms with van der Waals surface area (Å²) in [7, 11) is 0. The van der Waals surface area contributed by atoms with Crippen molar-refractivity contribution in [2.24, 2.45) is 0 Å². The van der Waals surface area contributed by atoms with E-state index in [1.165, 1.54) is 25.7 Å². The highest BCUT2D eigenvalue weighted by molar-refractivity contribution is 5.18. The van der Waals surface area contributed by atoms with Crippen molar-refractivity contribution in [3.63, 3.8) is 0 Å². The van der Waals surface area contributed by atoms with Gasteiger partial charge in [0, 0.05) is 6.61 Å². The largest absolute Gasteiger partial charge is 0.374 e. The highest BCUT2D eigenvalue weighted by Crippen LogP contribution is 2.36. The van der Waals surface area contributed by atoms with Gasteiger partial charge in [-0.15, -0.1) is 0 Å². The number of ether oxygens (including phenoxy) is 10. The average molecular weight is 965 g/mol. The Morgan fingerprint density at radius 1 is 0.380 bits per heavy atom. The molecular weight excluding hydrogens is 893 g/mol. The van der Waals surface area contributed by atoms with E-state index in [2.05, 4.69) is 67.6 Å². The van der Waals surface area contributed by atoms with Gasteiger partial charge in [-0.25, -0.2) is 0 Å². The Kier molecular flexibility index (Phi) is 21.7. The van der Waals surface area contributed by atoms with Crippen molar-refractivity contribution >= 4 is 0 Å². The molecule has 0 saturated carbocycles. The van der Waals surface area contributed by atoms with Crippen LogP contribution in [0.1, 0.15) is 78.8 Å². The first-order valence-corrected chi connectivity index (χ1v) is 25.6. The molecule has 0 bridgehead atoms. The predicted molar refractivity (Wildman–Crippen MR) is 274 cm³/mol. The Hall–Kier alpha value is -5.08. The van der Waals surface area contributed by atoms with Crippen LogP contribution in [0, 0.1) is 0 Å². The van der Waals surface area contributed by atoms with Gasteiger partial charge in [-0.2, -0.15) is 0 Å². The summed E-state index contributed by atoms with van der Waals surface area (Å²) in [4.78, 5) is 0. The van der Waals surface area contributed by atoms with Crippen molar-refractivity contribution < 1.29 is 47.4 Å². The summed E-state index contributed by atoms with van der Waals surface area (Å²) < 4.78 is 68.7. The van der Waals surface area contributed by atoms with Gasteiger partial charge in [0.15, 0.2) is 12.6 Å². The van der Waals surface area contributed by atoms with E-state index in [1.807, 2.05) is 121 Å².